The molecule has 1 aliphatic rings. The average Bonchev–Trinajstić information content (AvgIpc) is 3.01. The van der Waals surface area contributed by atoms with Crippen molar-refractivity contribution in [1.82, 2.24) is 4.90 Å². The number of methoxy groups -OCH3 is 2. The Kier molecular flexibility index (Phi) is 5.19. The number of carbonyl (C=O) groups is 2. The zero-order valence-electron chi connectivity index (χ0n) is 15.0. The SMILES string of the molecule is COC(=O)C1=C(C(=O)OC)C(c2ccccc2)N(C)C1c1ccccc1. The first-order chi connectivity index (χ1) is 12.6. The van der Waals surface area contributed by atoms with Crippen molar-refractivity contribution in [2.75, 3.05) is 21.3 Å². The van der Waals surface area contributed by atoms with Crippen molar-refractivity contribution in [2.24, 2.45) is 0 Å². The largest absolute Gasteiger partial charge is 0.466 e. The zero-order valence-corrected chi connectivity index (χ0v) is 15.0. The van der Waals surface area contributed by atoms with Crippen molar-refractivity contribution in [2.45, 2.75) is 12.1 Å². The molecule has 0 fully saturated rings. The van der Waals surface area contributed by atoms with Crippen molar-refractivity contribution in [3.8, 4) is 0 Å². The predicted octanol–water partition coefficient (Wildman–Crippen LogP) is 3.06. The van der Waals surface area contributed by atoms with Crippen LogP contribution in [0.2, 0.25) is 0 Å². The lowest BCUT2D eigenvalue weighted by Gasteiger charge is -2.28. The van der Waals surface area contributed by atoms with Crippen molar-refractivity contribution in [3.63, 3.8) is 0 Å². The van der Waals surface area contributed by atoms with Crippen molar-refractivity contribution >= 4 is 11.9 Å². The van der Waals surface area contributed by atoms with Gasteiger partial charge in [0, 0.05) is 0 Å². The quantitative estimate of drug-likeness (QED) is 0.793. The summed E-state index contributed by atoms with van der Waals surface area (Å²) in [5, 5.41) is 0. The molecule has 1 heterocycles. The number of ether oxygens (including phenoxy) is 2. The van der Waals surface area contributed by atoms with Crippen molar-refractivity contribution in [1.29, 1.82) is 0 Å². The van der Waals surface area contributed by atoms with Gasteiger partial charge in [-0.1, -0.05) is 60.7 Å². The molecule has 26 heavy (non-hydrogen) atoms. The van der Waals surface area contributed by atoms with Gasteiger partial charge in [-0.05, 0) is 18.2 Å². The second-order valence-corrected chi connectivity index (χ2v) is 6.10. The molecule has 2 unspecified atom stereocenters. The molecule has 0 aliphatic carbocycles. The summed E-state index contributed by atoms with van der Waals surface area (Å²) in [6, 6.07) is 18.4. The fourth-order valence-corrected chi connectivity index (χ4v) is 3.59. The fourth-order valence-electron chi connectivity index (χ4n) is 3.59. The van der Waals surface area contributed by atoms with Gasteiger partial charge in [0.1, 0.15) is 0 Å². The highest BCUT2D eigenvalue weighted by Crippen LogP contribution is 2.47. The van der Waals surface area contributed by atoms with Crippen LogP contribution in [-0.2, 0) is 19.1 Å². The minimum absolute atomic E-state index is 0.321. The van der Waals surface area contributed by atoms with Crippen LogP contribution in [0.3, 0.4) is 0 Å². The van der Waals surface area contributed by atoms with Crippen molar-refractivity contribution in [3.05, 3.63) is 82.9 Å². The molecule has 0 aromatic heterocycles. The van der Waals surface area contributed by atoms with Crippen LogP contribution in [0.1, 0.15) is 23.2 Å². The number of carbonyl (C=O) groups excluding carboxylic acids is 2. The van der Waals surface area contributed by atoms with Crippen LogP contribution in [0.4, 0.5) is 0 Å². The van der Waals surface area contributed by atoms with Gasteiger partial charge in [-0.2, -0.15) is 0 Å². The molecule has 0 radical (unpaired) electrons. The van der Waals surface area contributed by atoms with E-state index in [9.17, 15) is 9.59 Å². The molecule has 0 saturated heterocycles. The smallest absolute Gasteiger partial charge is 0.336 e. The third-order valence-corrected chi connectivity index (χ3v) is 4.69. The maximum atomic E-state index is 12.6. The molecule has 0 saturated carbocycles. The summed E-state index contributed by atoms with van der Waals surface area (Å²) in [5.74, 6) is -1.05. The van der Waals surface area contributed by atoms with Crippen LogP contribution in [0.15, 0.2) is 71.8 Å². The standard InChI is InChI=1S/C21H21NO4/c1-22-18(14-10-6-4-7-11-14)16(20(23)25-2)17(21(24)26-3)19(22)15-12-8-5-9-13-15/h4-13,18-19H,1-3H3. The summed E-state index contributed by atoms with van der Waals surface area (Å²) in [6.45, 7) is 0. The van der Waals surface area contributed by atoms with E-state index in [1.807, 2.05) is 72.6 Å². The lowest BCUT2D eigenvalue weighted by Crippen LogP contribution is -2.26. The maximum absolute atomic E-state index is 12.6. The summed E-state index contributed by atoms with van der Waals surface area (Å²) >= 11 is 0. The fraction of sp³-hybridized carbons (Fsp3) is 0.238. The van der Waals surface area contributed by atoms with E-state index in [2.05, 4.69) is 0 Å². The summed E-state index contributed by atoms with van der Waals surface area (Å²) in [6.07, 6.45) is 0. The van der Waals surface area contributed by atoms with Gasteiger partial charge in [-0.15, -0.1) is 0 Å². The van der Waals surface area contributed by atoms with Crippen LogP contribution >= 0.6 is 0 Å². The number of likely N-dealkylation sites (N-methyl/N-ethyl adjacent to an activating group) is 1. The molecular weight excluding hydrogens is 330 g/mol. The number of hydrogen-bond donors (Lipinski definition) is 0. The topological polar surface area (TPSA) is 55.8 Å². The van der Waals surface area contributed by atoms with Gasteiger partial charge in [0.2, 0.25) is 0 Å². The number of esters is 2. The minimum atomic E-state index is -0.524. The maximum Gasteiger partial charge on any atom is 0.336 e. The van der Waals surface area contributed by atoms with Crippen LogP contribution < -0.4 is 0 Å². The molecule has 5 nitrogen and oxygen atoms in total. The monoisotopic (exact) mass is 351 g/mol. The molecule has 0 bridgehead atoms. The Morgan fingerprint density at radius 3 is 1.38 bits per heavy atom. The minimum Gasteiger partial charge on any atom is -0.466 e. The van der Waals surface area contributed by atoms with Crippen LogP contribution in [0.5, 0.6) is 0 Å². The van der Waals surface area contributed by atoms with Gasteiger partial charge in [0.15, 0.2) is 0 Å². The van der Waals surface area contributed by atoms with Gasteiger partial charge in [-0.3, -0.25) is 4.90 Å². The molecule has 2 aromatic rings. The molecule has 0 spiro atoms. The molecule has 2 aromatic carbocycles. The second-order valence-electron chi connectivity index (χ2n) is 6.10. The highest BCUT2D eigenvalue weighted by molar-refractivity contribution is 6.03. The van der Waals surface area contributed by atoms with Gasteiger partial charge in [0.25, 0.3) is 0 Å². The highest BCUT2D eigenvalue weighted by atomic mass is 16.5. The average molecular weight is 351 g/mol. The molecule has 2 atom stereocenters. The van der Waals surface area contributed by atoms with Gasteiger partial charge >= 0.3 is 11.9 Å². The van der Waals surface area contributed by atoms with E-state index < -0.39 is 24.0 Å². The van der Waals surface area contributed by atoms with Crippen LogP contribution in [0, 0.1) is 0 Å². The van der Waals surface area contributed by atoms with Gasteiger partial charge in [-0.25, -0.2) is 9.59 Å². The highest BCUT2D eigenvalue weighted by Gasteiger charge is 2.46. The van der Waals surface area contributed by atoms with Crippen molar-refractivity contribution < 1.29 is 19.1 Å². The van der Waals surface area contributed by atoms with Crippen LogP contribution in [-0.4, -0.2) is 38.1 Å². The Labute approximate surface area is 152 Å². The number of benzene rings is 2. The number of rotatable bonds is 4. The Hall–Kier alpha value is -2.92. The second kappa shape index (κ2) is 7.54. The Morgan fingerprint density at radius 2 is 1.08 bits per heavy atom. The van der Waals surface area contributed by atoms with Gasteiger partial charge < -0.3 is 9.47 Å². The normalized spacial score (nSPS) is 20.1. The number of hydrogen-bond acceptors (Lipinski definition) is 5. The van der Waals surface area contributed by atoms with E-state index in [1.165, 1.54) is 14.2 Å². The van der Waals surface area contributed by atoms with E-state index in [4.69, 9.17) is 9.47 Å². The van der Waals surface area contributed by atoms with E-state index in [1.54, 1.807) is 0 Å². The summed E-state index contributed by atoms with van der Waals surface area (Å²) in [4.78, 5) is 27.3. The van der Waals surface area contributed by atoms with E-state index in [0.717, 1.165) is 11.1 Å². The van der Waals surface area contributed by atoms with E-state index in [0.29, 0.717) is 11.1 Å². The number of nitrogens with zero attached hydrogens (tertiary/aromatic N) is 1. The van der Waals surface area contributed by atoms with Crippen LogP contribution in [0.25, 0.3) is 0 Å². The molecule has 0 amide bonds. The summed E-state index contributed by atoms with van der Waals surface area (Å²) < 4.78 is 10.0. The molecule has 5 heteroatoms. The zero-order chi connectivity index (χ0) is 18.7. The third kappa shape index (κ3) is 3.02. The first-order valence-electron chi connectivity index (χ1n) is 8.32. The molecule has 134 valence electrons. The van der Waals surface area contributed by atoms with E-state index in [-0.39, 0.29) is 0 Å². The third-order valence-electron chi connectivity index (χ3n) is 4.69. The Morgan fingerprint density at radius 1 is 0.731 bits per heavy atom. The summed E-state index contributed by atoms with van der Waals surface area (Å²) in [7, 11) is 4.54. The molecule has 3 rings (SSSR count). The predicted molar refractivity (Wildman–Crippen MR) is 97.2 cm³/mol. The molecular formula is C21H21NO4. The first kappa shape index (κ1) is 17.9. The Bertz CT molecular complexity index is 760. The lowest BCUT2D eigenvalue weighted by atomic mass is 9.95. The van der Waals surface area contributed by atoms with Gasteiger partial charge in [0.05, 0.1) is 37.4 Å². The first-order valence-corrected chi connectivity index (χ1v) is 8.32. The lowest BCUT2D eigenvalue weighted by molar-refractivity contribution is -0.139. The molecule has 0 N–H and O–H groups in total. The molecule has 1 aliphatic heterocycles. The Balaban J connectivity index is 2.24. The van der Waals surface area contributed by atoms with E-state index >= 15 is 0 Å². The summed E-state index contributed by atoms with van der Waals surface area (Å²) in [5.41, 5.74) is 2.47.